The molecule has 0 spiro atoms. The van der Waals surface area contributed by atoms with Gasteiger partial charge in [-0.2, -0.15) is 0 Å². The van der Waals surface area contributed by atoms with Crippen LogP contribution in [0.3, 0.4) is 0 Å². The molecule has 1 aromatic carbocycles. The number of carbonyl (C=O) groups excluding carboxylic acids is 2. The average Bonchev–Trinajstić information content (AvgIpc) is 2.25. The summed E-state index contributed by atoms with van der Waals surface area (Å²) in [4.78, 5) is 22.0. The van der Waals surface area contributed by atoms with Gasteiger partial charge in [0.2, 0.25) is 5.91 Å². The molecule has 0 aliphatic rings. The number of hydrogen-bond donors (Lipinski definition) is 2. The van der Waals surface area contributed by atoms with Crippen LogP contribution in [0.5, 0.6) is 0 Å². The molecule has 80 valence electrons. The molecule has 0 fully saturated rings. The minimum Gasteiger partial charge on any atom is -0.376 e. The van der Waals surface area contributed by atoms with Crippen LogP contribution in [-0.4, -0.2) is 24.1 Å². The van der Waals surface area contributed by atoms with Gasteiger partial charge in [-0.3, -0.25) is 9.59 Å². The lowest BCUT2D eigenvalue weighted by Gasteiger charge is -2.08. The third kappa shape index (κ3) is 3.25. The number of Topliss-reactive ketones (excluding diaryl/α,β-unsaturated/α-hetero) is 1. The minimum absolute atomic E-state index is 0.00736. The van der Waals surface area contributed by atoms with Crippen molar-refractivity contribution in [2.45, 2.75) is 0 Å². The summed E-state index contributed by atoms with van der Waals surface area (Å²) in [7, 11) is 0. The van der Waals surface area contributed by atoms with Gasteiger partial charge >= 0.3 is 0 Å². The molecule has 4 nitrogen and oxygen atoms in total. The van der Waals surface area contributed by atoms with Gasteiger partial charge in [-0.15, -0.1) is 11.6 Å². The summed E-state index contributed by atoms with van der Waals surface area (Å²) in [5, 5.41) is 2.77. The van der Waals surface area contributed by atoms with E-state index in [0.29, 0.717) is 11.3 Å². The van der Waals surface area contributed by atoms with E-state index in [4.69, 9.17) is 17.3 Å². The van der Waals surface area contributed by atoms with Gasteiger partial charge < -0.3 is 11.1 Å². The third-order valence-electron chi connectivity index (χ3n) is 1.80. The highest BCUT2D eigenvalue weighted by molar-refractivity contribution is 6.31. The van der Waals surface area contributed by atoms with E-state index in [1.165, 1.54) is 0 Å². The number of anilines is 1. The Bertz CT molecular complexity index is 379. The van der Waals surface area contributed by atoms with Crippen LogP contribution in [-0.2, 0) is 4.79 Å². The standard InChI is InChI=1S/C10H11ClN2O2/c11-5-9(14)7-3-1-2-4-8(7)13-6-10(12)15/h1-4,13H,5-6H2,(H2,12,15). The largest absolute Gasteiger partial charge is 0.376 e. The van der Waals surface area contributed by atoms with Gasteiger partial charge in [0, 0.05) is 11.3 Å². The first-order chi connectivity index (χ1) is 7.15. The molecule has 15 heavy (non-hydrogen) atoms. The number of rotatable bonds is 5. The lowest BCUT2D eigenvalue weighted by molar-refractivity contribution is -0.116. The molecule has 0 aliphatic carbocycles. The number of primary amides is 1. The first-order valence-corrected chi connectivity index (χ1v) is 4.89. The SMILES string of the molecule is NC(=O)CNc1ccccc1C(=O)CCl. The van der Waals surface area contributed by atoms with Crippen molar-refractivity contribution in [3.05, 3.63) is 29.8 Å². The summed E-state index contributed by atoms with van der Waals surface area (Å²) in [6.45, 7) is -0.00736. The fraction of sp³-hybridized carbons (Fsp3) is 0.200. The van der Waals surface area contributed by atoms with Gasteiger partial charge in [0.25, 0.3) is 0 Å². The monoisotopic (exact) mass is 226 g/mol. The van der Waals surface area contributed by atoms with Crippen LogP contribution >= 0.6 is 11.6 Å². The Morgan fingerprint density at radius 1 is 1.33 bits per heavy atom. The zero-order valence-electron chi connectivity index (χ0n) is 8.00. The maximum Gasteiger partial charge on any atom is 0.236 e. The van der Waals surface area contributed by atoms with Crippen molar-refractivity contribution in [3.63, 3.8) is 0 Å². The van der Waals surface area contributed by atoms with Crippen molar-refractivity contribution in [2.24, 2.45) is 5.73 Å². The molecule has 5 heteroatoms. The molecule has 0 aromatic heterocycles. The highest BCUT2D eigenvalue weighted by atomic mass is 35.5. The zero-order valence-corrected chi connectivity index (χ0v) is 8.75. The fourth-order valence-corrected chi connectivity index (χ4v) is 1.28. The van der Waals surface area contributed by atoms with Crippen LogP contribution in [0.15, 0.2) is 24.3 Å². The molecule has 0 radical (unpaired) electrons. The fourth-order valence-electron chi connectivity index (χ4n) is 1.13. The Balaban J connectivity index is 2.86. The summed E-state index contributed by atoms with van der Waals surface area (Å²) in [5.41, 5.74) is 6.02. The summed E-state index contributed by atoms with van der Waals surface area (Å²) in [5.74, 6) is -0.762. The quantitative estimate of drug-likeness (QED) is 0.581. The first kappa shape index (κ1) is 11.5. The number of nitrogens with one attached hydrogen (secondary N) is 1. The molecular formula is C10H11ClN2O2. The maximum atomic E-state index is 11.4. The van der Waals surface area contributed by atoms with E-state index in [0.717, 1.165) is 0 Å². The second-order valence-corrected chi connectivity index (χ2v) is 3.19. The number of hydrogen-bond acceptors (Lipinski definition) is 3. The van der Waals surface area contributed by atoms with E-state index in [9.17, 15) is 9.59 Å². The van der Waals surface area contributed by atoms with E-state index in [1.807, 2.05) is 0 Å². The van der Waals surface area contributed by atoms with Crippen LogP contribution in [0.4, 0.5) is 5.69 Å². The zero-order chi connectivity index (χ0) is 11.3. The summed E-state index contributed by atoms with van der Waals surface area (Å²) in [6.07, 6.45) is 0. The Hall–Kier alpha value is -1.55. The molecule has 0 bridgehead atoms. The first-order valence-electron chi connectivity index (χ1n) is 4.35. The molecule has 1 rings (SSSR count). The van der Waals surface area contributed by atoms with E-state index in [-0.39, 0.29) is 18.2 Å². The van der Waals surface area contributed by atoms with E-state index < -0.39 is 5.91 Å². The predicted octanol–water partition coefficient (Wildman–Crippen LogP) is 1.01. The number of ketones is 1. The Morgan fingerprint density at radius 2 is 2.00 bits per heavy atom. The number of para-hydroxylation sites is 1. The smallest absolute Gasteiger partial charge is 0.236 e. The van der Waals surface area contributed by atoms with Gasteiger partial charge in [-0.05, 0) is 12.1 Å². The summed E-state index contributed by atoms with van der Waals surface area (Å²) in [6, 6.07) is 6.83. The van der Waals surface area contributed by atoms with Crippen molar-refractivity contribution in [2.75, 3.05) is 17.7 Å². The maximum absolute atomic E-state index is 11.4. The summed E-state index contributed by atoms with van der Waals surface area (Å²) < 4.78 is 0. The van der Waals surface area contributed by atoms with Crippen molar-refractivity contribution >= 4 is 29.0 Å². The topological polar surface area (TPSA) is 72.2 Å². The van der Waals surface area contributed by atoms with Crippen molar-refractivity contribution < 1.29 is 9.59 Å². The molecule has 3 N–H and O–H groups in total. The molecule has 0 aliphatic heterocycles. The molecule has 0 unspecified atom stereocenters. The predicted molar refractivity (Wildman–Crippen MR) is 59.2 cm³/mol. The molecule has 0 heterocycles. The highest BCUT2D eigenvalue weighted by Gasteiger charge is 2.09. The number of alkyl halides is 1. The normalized spacial score (nSPS) is 9.67. The van der Waals surface area contributed by atoms with E-state index >= 15 is 0 Å². The number of halogens is 1. The molecule has 1 amide bonds. The minimum atomic E-state index is -0.483. The molecule has 0 saturated heterocycles. The van der Waals surface area contributed by atoms with E-state index in [1.54, 1.807) is 24.3 Å². The number of amides is 1. The van der Waals surface area contributed by atoms with Gasteiger partial charge in [0.15, 0.2) is 5.78 Å². The van der Waals surface area contributed by atoms with Crippen LogP contribution in [0.2, 0.25) is 0 Å². The van der Waals surface area contributed by atoms with Crippen molar-refractivity contribution in [1.82, 2.24) is 0 Å². The molecule has 0 atom stereocenters. The average molecular weight is 227 g/mol. The molecule has 1 aromatic rings. The lowest BCUT2D eigenvalue weighted by Crippen LogP contribution is -2.22. The van der Waals surface area contributed by atoms with Gasteiger partial charge in [-0.25, -0.2) is 0 Å². The Morgan fingerprint density at radius 3 is 2.60 bits per heavy atom. The molecular weight excluding hydrogens is 216 g/mol. The van der Waals surface area contributed by atoms with Crippen LogP contribution in [0, 0.1) is 0 Å². The molecule has 0 saturated carbocycles. The van der Waals surface area contributed by atoms with Gasteiger partial charge in [-0.1, -0.05) is 12.1 Å². The number of carbonyl (C=O) groups is 2. The highest BCUT2D eigenvalue weighted by Crippen LogP contribution is 2.15. The van der Waals surface area contributed by atoms with Crippen LogP contribution in [0.1, 0.15) is 10.4 Å². The van der Waals surface area contributed by atoms with Crippen LogP contribution < -0.4 is 11.1 Å². The Labute approximate surface area is 92.4 Å². The van der Waals surface area contributed by atoms with Crippen LogP contribution in [0.25, 0.3) is 0 Å². The lowest BCUT2D eigenvalue weighted by atomic mass is 10.1. The number of nitrogens with two attached hydrogens (primary N) is 1. The van der Waals surface area contributed by atoms with Crippen molar-refractivity contribution in [1.29, 1.82) is 0 Å². The van der Waals surface area contributed by atoms with E-state index in [2.05, 4.69) is 5.32 Å². The van der Waals surface area contributed by atoms with Gasteiger partial charge in [0.1, 0.15) is 0 Å². The second-order valence-electron chi connectivity index (χ2n) is 2.92. The second kappa shape index (κ2) is 5.36. The Kier molecular flexibility index (Phi) is 4.12. The van der Waals surface area contributed by atoms with Crippen molar-refractivity contribution in [3.8, 4) is 0 Å². The van der Waals surface area contributed by atoms with Gasteiger partial charge in [0.05, 0.1) is 12.4 Å². The summed E-state index contributed by atoms with van der Waals surface area (Å²) >= 11 is 5.45. The third-order valence-corrected chi connectivity index (χ3v) is 2.04. The number of benzene rings is 1.